The van der Waals surface area contributed by atoms with Crippen LogP contribution in [0.3, 0.4) is 0 Å². The Morgan fingerprint density at radius 1 is 1.07 bits per heavy atom. The van der Waals surface area contributed by atoms with Crippen LogP contribution < -0.4 is 5.48 Å². The highest BCUT2D eigenvalue weighted by Gasteiger charge is 2.38. The van der Waals surface area contributed by atoms with Gasteiger partial charge in [-0.3, -0.25) is 9.63 Å². The van der Waals surface area contributed by atoms with E-state index in [1.807, 2.05) is 24.3 Å². The normalized spacial score (nSPS) is 14.3. The van der Waals surface area contributed by atoms with Crippen molar-refractivity contribution in [2.45, 2.75) is 36.5 Å². The Morgan fingerprint density at radius 2 is 1.70 bits per heavy atom. The van der Waals surface area contributed by atoms with E-state index in [9.17, 15) is 4.79 Å². The Labute approximate surface area is 165 Å². The van der Waals surface area contributed by atoms with Gasteiger partial charge in [-0.2, -0.15) is 0 Å². The monoisotopic (exact) mass is 388 g/mol. The number of benzene rings is 2. The molecule has 4 nitrogen and oxygen atoms in total. The standard InChI is InChI=1S/C22H29NO3S/c1-4-20(22(24)23-25-2)21(27(3)19-13-9-6-10-14-19)15-16-26-17-18-11-7-5-8-12-18/h5-14,20-21H,4,15-17H2,1-3H3/p+1/t20-,21+,27?/m1/s1. The maximum Gasteiger partial charge on any atom is 0.251 e. The first kappa shape index (κ1) is 21.5. The fourth-order valence-corrected chi connectivity index (χ4v) is 5.39. The van der Waals surface area contributed by atoms with Crippen molar-refractivity contribution in [3.8, 4) is 0 Å². The van der Waals surface area contributed by atoms with Crippen molar-refractivity contribution in [2.24, 2.45) is 5.92 Å². The predicted molar refractivity (Wildman–Crippen MR) is 111 cm³/mol. The highest BCUT2D eigenvalue weighted by atomic mass is 32.2. The van der Waals surface area contributed by atoms with Gasteiger partial charge in [0.1, 0.15) is 11.5 Å². The van der Waals surface area contributed by atoms with Gasteiger partial charge in [-0.05, 0) is 24.1 Å². The van der Waals surface area contributed by atoms with E-state index in [1.165, 1.54) is 12.0 Å². The summed E-state index contributed by atoms with van der Waals surface area (Å²) in [5.74, 6) is -0.165. The summed E-state index contributed by atoms with van der Waals surface area (Å²) in [7, 11) is 1.41. The Kier molecular flexibility index (Phi) is 9.39. The number of hydrogen-bond acceptors (Lipinski definition) is 3. The van der Waals surface area contributed by atoms with Gasteiger partial charge in [0.2, 0.25) is 0 Å². The molecule has 1 N–H and O–H groups in total. The van der Waals surface area contributed by atoms with Crippen molar-refractivity contribution in [3.05, 3.63) is 66.2 Å². The van der Waals surface area contributed by atoms with Gasteiger partial charge in [0.05, 0.1) is 26.2 Å². The third-order valence-corrected chi connectivity index (χ3v) is 7.14. The zero-order chi connectivity index (χ0) is 19.5. The maximum absolute atomic E-state index is 12.5. The third-order valence-electron chi connectivity index (χ3n) is 4.66. The SMILES string of the molecule is CC[C@@H](C(=O)NOC)[C@H](CCOCc1ccccc1)[S+](C)c1ccccc1. The molecule has 0 fully saturated rings. The third kappa shape index (κ3) is 6.69. The summed E-state index contributed by atoms with van der Waals surface area (Å²) >= 11 is 0. The van der Waals surface area contributed by atoms with Crippen molar-refractivity contribution < 1.29 is 14.4 Å². The minimum absolute atomic E-state index is 0.0525. The number of carbonyl (C=O) groups is 1. The lowest BCUT2D eigenvalue weighted by molar-refractivity contribution is -0.135. The summed E-state index contributed by atoms with van der Waals surface area (Å²) in [5.41, 5.74) is 3.69. The number of rotatable bonds is 11. The summed E-state index contributed by atoms with van der Waals surface area (Å²) < 4.78 is 5.91. The number of hydrogen-bond donors (Lipinski definition) is 1. The first-order chi connectivity index (χ1) is 13.2. The smallest absolute Gasteiger partial charge is 0.251 e. The Balaban J connectivity index is 2.05. The van der Waals surface area contributed by atoms with Gasteiger partial charge < -0.3 is 4.74 Å². The molecule has 1 unspecified atom stereocenters. The zero-order valence-electron chi connectivity index (χ0n) is 16.4. The van der Waals surface area contributed by atoms with Crippen LogP contribution >= 0.6 is 0 Å². The van der Waals surface area contributed by atoms with E-state index < -0.39 is 0 Å². The van der Waals surface area contributed by atoms with Gasteiger partial charge in [-0.25, -0.2) is 5.48 Å². The molecule has 146 valence electrons. The van der Waals surface area contributed by atoms with Gasteiger partial charge in [0.25, 0.3) is 5.91 Å². The van der Waals surface area contributed by atoms with E-state index in [4.69, 9.17) is 9.57 Å². The molecule has 0 aliphatic rings. The van der Waals surface area contributed by atoms with Crippen molar-refractivity contribution >= 4 is 16.8 Å². The molecule has 0 aliphatic carbocycles. The highest BCUT2D eigenvalue weighted by molar-refractivity contribution is 7.96. The molecule has 0 saturated heterocycles. The lowest BCUT2D eigenvalue weighted by Crippen LogP contribution is -2.41. The molecule has 1 amide bonds. The fourth-order valence-electron chi connectivity index (χ4n) is 3.19. The molecule has 0 aliphatic heterocycles. The number of amides is 1. The zero-order valence-corrected chi connectivity index (χ0v) is 17.2. The molecule has 0 aromatic heterocycles. The van der Waals surface area contributed by atoms with Crippen LogP contribution in [0.1, 0.15) is 25.3 Å². The molecular weight excluding hydrogens is 358 g/mol. The quantitative estimate of drug-likeness (QED) is 0.360. The molecule has 0 saturated carbocycles. The molecule has 0 bridgehead atoms. The fraction of sp³-hybridized carbons (Fsp3) is 0.409. The summed E-state index contributed by atoms with van der Waals surface area (Å²) in [5, 5.41) is 0.198. The number of ether oxygens (including phenoxy) is 1. The second-order valence-corrected chi connectivity index (χ2v) is 8.61. The Morgan fingerprint density at radius 3 is 2.30 bits per heavy atom. The molecule has 0 spiro atoms. The lowest BCUT2D eigenvalue weighted by Gasteiger charge is -2.24. The van der Waals surface area contributed by atoms with Crippen LogP contribution in [-0.4, -0.2) is 31.1 Å². The van der Waals surface area contributed by atoms with Gasteiger partial charge in [0, 0.05) is 17.3 Å². The maximum atomic E-state index is 12.5. The minimum Gasteiger partial charge on any atom is -0.377 e. The largest absolute Gasteiger partial charge is 0.377 e. The molecule has 0 heterocycles. The van der Waals surface area contributed by atoms with Gasteiger partial charge in [-0.1, -0.05) is 55.5 Å². The van der Waals surface area contributed by atoms with Crippen molar-refractivity contribution in [2.75, 3.05) is 20.0 Å². The summed E-state index contributed by atoms with van der Waals surface area (Å²) in [4.78, 5) is 18.7. The van der Waals surface area contributed by atoms with Crippen LogP contribution in [0.15, 0.2) is 65.6 Å². The molecule has 3 atom stereocenters. The topological polar surface area (TPSA) is 47.6 Å². The van der Waals surface area contributed by atoms with Crippen LogP contribution in [0, 0.1) is 5.92 Å². The van der Waals surface area contributed by atoms with Crippen LogP contribution in [-0.2, 0) is 31.9 Å². The molecular formula is C22H30NO3S+. The number of carbonyl (C=O) groups excluding carboxylic acids is 1. The van der Waals surface area contributed by atoms with Crippen molar-refractivity contribution in [3.63, 3.8) is 0 Å². The molecule has 0 radical (unpaired) electrons. The minimum atomic E-state index is -0.112. The number of hydroxylamine groups is 1. The number of nitrogens with one attached hydrogen (secondary N) is 1. The molecule has 2 rings (SSSR count). The van der Waals surface area contributed by atoms with Crippen LogP contribution in [0.4, 0.5) is 0 Å². The van der Waals surface area contributed by atoms with Crippen molar-refractivity contribution in [1.29, 1.82) is 0 Å². The van der Waals surface area contributed by atoms with Gasteiger partial charge in [0.15, 0.2) is 4.90 Å². The second-order valence-electron chi connectivity index (χ2n) is 6.42. The van der Waals surface area contributed by atoms with Gasteiger partial charge >= 0.3 is 0 Å². The lowest BCUT2D eigenvalue weighted by atomic mass is 9.99. The van der Waals surface area contributed by atoms with Crippen molar-refractivity contribution in [1.82, 2.24) is 5.48 Å². The molecule has 27 heavy (non-hydrogen) atoms. The van der Waals surface area contributed by atoms with E-state index in [1.54, 1.807) is 0 Å². The average molecular weight is 389 g/mol. The summed E-state index contributed by atoms with van der Waals surface area (Å²) in [6.45, 7) is 3.28. The first-order valence-electron chi connectivity index (χ1n) is 9.31. The molecule has 2 aromatic rings. The highest BCUT2D eigenvalue weighted by Crippen LogP contribution is 2.27. The average Bonchev–Trinajstić information content (AvgIpc) is 2.71. The predicted octanol–water partition coefficient (Wildman–Crippen LogP) is 3.97. The molecule has 5 heteroatoms. The Hall–Kier alpha value is -1.82. The van der Waals surface area contributed by atoms with Crippen LogP contribution in [0.25, 0.3) is 0 Å². The molecule has 2 aromatic carbocycles. The first-order valence-corrected chi connectivity index (χ1v) is 11.0. The summed E-state index contributed by atoms with van der Waals surface area (Å²) in [6, 6.07) is 20.6. The van der Waals surface area contributed by atoms with Gasteiger partial charge in [-0.15, -0.1) is 0 Å². The van der Waals surface area contributed by atoms with Crippen LogP contribution in [0.2, 0.25) is 0 Å². The summed E-state index contributed by atoms with van der Waals surface area (Å²) in [6.07, 6.45) is 3.82. The van der Waals surface area contributed by atoms with E-state index in [2.05, 4.69) is 55.1 Å². The van der Waals surface area contributed by atoms with Crippen LogP contribution in [0.5, 0.6) is 0 Å². The Bertz CT molecular complexity index is 666. The van der Waals surface area contributed by atoms with E-state index in [0.717, 1.165) is 18.4 Å². The van der Waals surface area contributed by atoms with E-state index >= 15 is 0 Å². The van der Waals surface area contributed by atoms with E-state index in [-0.39, 0.29) is 28.0 Å². The van der Waals surface area contributed by atoms with E-state index in [0.29, 0.717) is 13.2 Å². The second kappa shape index (κ2) is 11.8.